The summed E-state index contributed by atoms with van der Waals surface area (Å²) >= 11 is 0. The van der Waals surface area contributed by atoms with Gasteiger partial charge >= 0.3 is 0 Å². The lowest BCUT2D eigenvalue weighted by molar-refractivity contribution is 0.523. The number of benzene rings is 1. The molecule has 2 aromatic heterocycles. The molecule has 2 atom stereocenters. The minimum absolute atomic E-state index is 0.498. The Kier molecular flexibility index (Phi) is 3.10. The number of aromatic nitrogens is 3. The molecule has 0 saturated heterocycles. The van der Waals surface area contributed by atoms with Crippen molar-refractivity contribution in [1.29, 1.82) is 0 Å². The van der Waals surface area contributed by atoms with Crippen molar-refractivity contribution >= 4 is 16.9 Å². The maximum Gasteiger partial charge on any atom is 0.145 e. The molecule has 22 heavy (non-hydrogen) atoms. The fourth-order valence-electron chi connectivity index (χ4n) is 3.64. The summed E-state index contributed by atoms with van der Waals surface area (Å²) in [7, 11) is 0. The maximum atomic E-state index is 5.94. The van der Waals surface area contributed by atoms with Crippen molar-refractivity contribution in [2.45, 2.75) is 38.1 Å². The first-order valence-corrected chi connectivity index (χ1v) is 7.86. The number of hydrogen-bond acceptors (Lipinski definition) is 3. The van der Waals surface area contributed by atoms with Crippen LogP contribution in [0, 0.1) is 6.92 Å². The number of anilines is 1. The predicted molar refractivity (Wildman–Crippen MR) is 88.7 cm³/mol. The second-order valence-corrected chi connectivity index (χ2v) is 6.29. The number of nitrogen functional groups attached to an aromatic ring is 1. The van der Waals surface area contributed by atoms with E-state index in [4.69, 9.17) is 5.73 Å². The second-order valence-electron chi connectivity index (χ2n) is 6.29. The Labute approximate surface area is 130 Å². The van der Waals surface area contributed by atoms with Crippen LogP contribution in [0.1, 0.15) is 42.3 Å². The lowest BCUT2D eigenvalue weighted by atomic mass is 9.96. The molecule has 1 saturated carbocycles. The van der Waals surface area contributed by atoms with E-state index in [-0.39, 0.29) is 0 Å². The Hall–Kier alpha value is -2.36. The third-order valence-corrected chi connectivity index (χ3v) is 4.89. The third-order valence-electron chi connectivity index (χ3n) is 4.89. The highest BCUT2D eigenvalue weighted by molar-refractivity contribution is 5.86. The molecule has 2 unspecified atom stereocenters. The Morgan fingerprint density at radius 2 is 1.91 bits per heavy atom. The van der Waals surface area contributed by atoms with Crippen LogP contribution in [-0.4, -0.2) is 14.5 Å². The van der Waals surface area contributed by atoms with Gasteiger partial charge in [0, 0.05) is 12.2 Å². The summed E-state index contributed by atoms with van der Waals surface area (Å²) in [4.78, 5) is 8.50. The molecular formula is C18H20N4. The highest BCUT2D eigenvalue weighted by atomic mass is 15.1. The summed E-state index contributed by atoms with van der Waals surface area (Å²) < 4.78 is 2.28. The van der Waals surface area contributed by atoms with E-state index in [1.807, 2.05) is 6.07 Å². The van der Waals surface area contributed by atoms with Crippen molar-refractivity contribution in [3.63, 3.8) is 0 Å². The number of fused-ring (bicyclic) bond motifs is 1. The summed E-state index contributed by atoms with van der Waals surface area (Å²) in [5.41, 5.74) is 9.67. The van der Waals surface area contributed by atoms with E-state index >= 15 is 0 Å². The van der Waals surface area contributed by atoms with Crippen LogP contribution in [0.25, 0.3) is 11.0 Å². The molecule has 0 aliphatic heterocycles. The first-order valence-electron chi connectivity index (χ1n) is 7.86. The van der Waals surface area contributed by atoms with E-state index < -0.39 is 0 Å². The fourth-order valence-corrected chi connectivity index (χ4v) is 3.64. The summed E-state index contributed by atoms with van der Waals surface area (Å²) in [6, 6.07) is 11.5. The zero-order valence-electron chi connectivity index (χ0n) is 12.7. The average molecular weight is 292 g/mol. The topological polar surface area (TPSA) is 56.7 Å². The van der Waals surface area contributed by atoms with Crippen LogP contribution >= 0.6 is 0 Å². The van der Waals surface area contributed by atoms with Crippen LogP contribution in [0.3, 0.4) is 0 Å². The van der Waals surface area contributed by atoms with Crippen LogP contribution < -0.4 is 5.73 Å². The Morgan fingerprint density at radius 3 is 2.73 bits per heavy atom. The Morgan fingerprint density at radius 1 is 1.09 bits per heavy atom. The van der Waals surface area contributed by atoms with Gasteiger partial charge in [-0.3, -0.25) is 0 Å². The number of rotatable bonds is 2. The van der Waals surface area contributed by atoms with E-state index in [1.54, 1.807) is 6.33 Å². The molecule has 0 bridgehead atoms. The maximum absolute atomic E-state index is 5.94. The van der Waals surface area contributed by atoms with Gasteiger partial charge in [-0.25, -0.2) is 9.97 Å². The first-order chi connectivity index (χ1) is 10.7. The number of nitrogens with zero attached hydrogens (tertiary/aromatic N) is 3. The Balaban J connectivity index is 1.62. The molecule has 4 heteroatoms. The smallest absolute Gasteiger partial charge is 0.145 e. The minimum atomic E-state index is 0.498. The first kappa shape index (κ1) is 13.3. The van der Waals surface area contributed by atoms with E-state index in [9.17, 15) is 0 Å². The summed E-state index contributed by atoms with van der Waals surface area (Å²) in [5, 5.41) is 0.960. The number of nitrogens with two attached hydrogens (primary N) is 1. The van der Waals surface area contributed by atoms with Crippen molar-refractivity contribution in [1.82, 2.24) is 14.5 Å². The molecule has 1 aromatic carbocycles. The zero-order chi connectivity index (χ0) is 15.1. The van der Waals surface area contributed by atoms with Crippen LogP contribution in [0.15, 0.2) is 42.9 Å². The molecule has 3 aromatic rings. The molecular weight excluding hydrogens is 272 g/mol. The predicted octanol–water partition coefficient (Wildman–Crippen LogP) is 3.83. The normalized spacial score (nSPS) is 21.5. The van der Waals surface area contributed by atoms with E-state index in [0.717, 1.165) is 17.5 Å². The van der Waals surface area contributed by atoms with Crippen molar-refractivity contribution in [2.24, 2.45) is 0 Å². The van der Waals surface area contributed by atoms with Gasteiger partial charge in [-0.15, -0.1) is 0 Å². The van der Waals surface area contributed by atoms with Gasteiger partial charge in [0.25, 0.3) is 0 Å². The lowest BCUT2D eigenvalue weighted by Gasteiger charge is -2.14. The van der Waals surface area contributed by atoms with Crippen LogP contribution in [0.5, 0.6) is 0 Å². The minimum Gasteiger partial charge on any atom is -0.383 e. The van der Waals surface area contributed by atoms with Gasteiger partial charge in [0.2, 0.25) is 0 Å². The van der Waals surface area contributed by atoms with Crippen molar-refractivity contribution in [3.05, 3.63) is 54.0 Å². The molecule has 2 N–H and O–H groups in total. The quantitative estimate of drug-likeness (QED) is 0.781. The standard InChI is InChI=1S/C18H20N4/c1-12-2-4-13(5-3-12)14-6-7-15(10-14)22-9-8-16-17(19)20-11-21-18(16)22/h2-5,8-9,11,14-15H,6-7,10H2,1H3,(H2,19,20,21). The molecule has 0 radical (unpaired) electrons. The van der Waals surface area contributed by atoms with Gasteiger partial charge in [-0.05, 0) is 43.7 Å². The van der Waals surface area contributed by atoms with Crippen LogP contribution in [-0.2, 0) is 0 Å². The average Bonchev–Trinajstić information content (AvgIpc) is 3.15. The van der Waals surface area contributed by atoms with Gasteiger partial charge < -0.3 is 10.3 Å². The van der Waals surface area contributed by atoms with Gasteiger partial charge in [0.15, 0.2) is 0 Å². The highest BCUT2D eigenvalue weighted by Crippen LogP contribution is 2.42. The second kappa shape index (κ2) is 5.13. The van der Waals surface area contributed by atoms with Crippen LogP contribution in [0.4, 0.5) is 5.82 Å². The largest absolute Gasteiger partial charge is 0.383 e. The molecule has 112 valence electrons. The molecule has 4 nitrogen and oxygen atoms in total. The van der Waals surface area contributed by atoms with E-state index in [1.165, 1.54) is 24.0 Å². The number of hydrogen-bond donors (Lipinski definition) is 1. The van der Waals surface area contributed by atoms with E-state index in [0.29, 0.717) is 17.8 Å². The van der Waals surface area contributed by atoms with E-state index in [2.05, 4.69) is 51.9 Å². The van der Waals surface area contributed by atoms with Gasteiger partial charge in [0.1, 0.15) is 17.8 Å². The van der Waals surface area contributed by atoms with Crippen molar-refractivity contribution in [3.8, 4) is 0 Å². The SMILES string of the molecule is Cc1ccc(C2CCC(n3ccc4c(N)ncnc43)C2)cc1. The monoisotopic (exact) mass is 292 g/mol. The molecule has 0 amide bonds. The van der Waals surface area contributed by atoms with Crippen LogP contribution in [0.2, 0.25) is 0 Å². The molecule has 1 fully saturated rings. The lowest BCUT2D eigenvalue weighted by Crippen LogP contribution is -2.05. The zero-order valence-corrected chi connectivity index (χ0v) is 12.7. The number of aryl methyl sites for hydroxylation is 1. The van der Waals surface area contributed by atoms with Gasteiger partial charge in [0.05, 0.1) is 5.39 Å². The molecule has 4 rings (SSSR count). The van der Waals surface area contributed by atoms with Gasteiger partial charge in [-0.1, -0.05) is 29.8 Å². The molecule has 1 aliphatic rings. The molecule has 2 heterocycles. The third kappa shape index (κ3) is 2.15. The molecule has 1 aliphatic carbocycles. The van der Waals surface area contributed by atoms with Crippen molar-refractivity contribution in [2.75, 3.05) is 5.73 Å². The summed E-state index contributed by atoms with van der Waals surface area (Å²) in [6.07, 6.45) is 7.25. The highest BCUT2D eigenvalue weighted by Gasteiger charge is 2.28. The Bertz CT molecular complexity index is 804. The summed E-state index contributed by atoms with van der Waals surface area (Å²) in [5.74, 6) is 1.21. The van der Waals surface area contributed by atoms with Gasteiger partial charge in [-0.2, -0.15) is 0 Å². The molecule has 0 spiro atoms. The fraction of sp³-hybridized carbons (Fsp3) is 0.333. The summed E-state index contributed by atoms with van der Waals surface area (Å²) in [6.45, 7) is 2.14. The van der Waals surface area contributed by atoms with Crippen molar-refractivity contribution < 1.29 is 0 Å².